The van der Waals surface area contributed by atoms with Crippen molar-refractivity contribution in [3.05, 3.63) is 70.5 Å². The predicted octanol–water partition coefficient (Wildman–Crippen LogP) is 4.59. The van der Waals surface area contributed by atoms with Crippen molar-refractivity contribution < 1.29 is 27.5 Å². The Kier molecular flexibility index (Phi) is 6.13. The van der Waals surface area contributed by atoms with Gasteiger partial charge in [-0.3, -0.25) is 9.59 Å². The summed E-state index contributed by atoms with van der Waals surface area (Å²) in [5, 5.41) is 7.17. The van der Waals surface area contributed by atoms with Crippen molar-refractivity contribution in [1.82, 2.24) is 4.98 Å². The molecule has 6 nitrogen and oxygen atoms in total. The number of aromatic nitrogens is 1. The zero-order chi connectivity index (χ0) is 20.9. The second-order valence-electron chi connectivity index (χ2n) is 5.75. The van der Waals surface area contributed by atoms with Crippen molar-refractivity contribution >= 4 is 34.5 Å². The number of carbonyl (C=O) groups excluding carboxylic acids is 2. The van der Waals surface area contributed by atoms with E-state index in [4.69, 9.17) is 0 Å². The van der Waals surface area contributed by atoms with Crippen molar-refractivity contribution in [1.29, 1.82) is 0 Å². The lowest BCUT2D eigenvalue weighted by Gasteiger charge is -2.09. The lowest BCUT2D eigenvalue weighted by Crippen LogP contribution is -2.19. The highest BCUT2D eigenvalue weighted by Gasteiger charge is 2.28. The molecule has 150 valence electrons. The van der Waals surface area contributed by atoms with Crippen LogP contribution in [-0.2, 0) is 0 Å². The number of thiophene rings is 1. The summed E-state index contributed by atoms with van der Waals surface area (Å²) in [6, 6.07) is 12.5. The molecule has 0 aliphatic heterocycles. The molecule has 0 radical (unpaired) electrons. The maximum Gasteiger partial charge on any atom is 0.422 e. The van der Waals surface area contributed by atoms with Crippen LogP contribution in [0, 0.1) is 0 Å². The minimum absolute atomic E-state index is 0.152. The van der Waals surface area contributed by atoms with Crippen LogP contribution in [-0.4, -0.2) is 29.6 Å². The second kappa shape index (κ2) is 8.74. The Bertz CT molecular complexity index is 973. The highest BCUT2D eigenvalue weighted by Crippen LogP contribution is 2.19. The van der Waals surface area contributed by atoms with Crippen molar-refractivity contribution in [2.75, 3.05) is 17.2 Å². The van der Waals surface area contributed by atoms with E-state index in [0.29, 0.717) is 16.3 Å². The third kappa shape index (κ3) is 6.04. The van der Waals surface area contributed by atoms with Gasteiger partial charge in [0, 0.05) is 23.6 Å². The summed E-state index contributed by atoms with van der Waals surface area (Å²) in [7, 11) is 0. The molecule has 0 saturated carbocycles. The number of rotatable bonds is 6. The van der Waals surface area contributed by atoms with Crippen LogP contribution in [0.5, 0.6) is 5.88 Å². The summed E-state index contributed by atoms with van der Waals surface area (Å²) < 4.78 is 40.9. The molecule has 2 N–H and O–H groups in total. The van der Waals surface area contributed by atoms with Gasteiger partial charge in [0.1, 0.15) is 0 Å². The first-order chi connectivity index (χ1) is 13.8. The number of ether oxygens (including phenoxy) is 1. The molecule has 0 aliphatic carbocycles. The summed E-state index contributed by atoms with van der Waals surface area (Å²) in [6.07, 6.45) is -3.34. The first kappa shape index (κ1) is 20.3. The van der Waals surface area contributed by atoms with Gasteiger partial charge in [-0.2, -0.15) is 13.2 Å². The zero-order valence-electron chi connectivity index (χ0n) is 14.7. The molecule has 2 amide bonds. The number of hydrogen-bond donors (Lipinski definition) is 2. The number of halogens is 3. The van der Waals surface area contributed by atoms with Gasteiger partial charge < -0.3 is 15.4 Å². The summed E-state index contributed by atoms with van der Waals surface area (Å²) in [5.74, 6) is -0.948. The van der Waals surface area contributed by atoms with E-state index in [9.17, 15) is 22.8 Å². The molecular formula is C19H14F3N3O3S. The Hall–Kier alpha value is -3.40. The minimum atomic E-state index is -4.47. The van der Waals surface area contributed by atoms with Gasteiger partial charge in [0.05, 0.1) is 10.4 Å². The summed E-state index contributed by atoms with van der Waals surface area (Å²) in [5.41, 5.74) is 1.19. The SMILES string of the molecule is O=C(Nc1ccc(NC(=O)c2cccs2)cc1)c1ccc(OCC(F)(F)F)nc1. The van der Waals surface area contributed by atoms with Gasteiger partial charge in [-0.1, -0.05) is 6.07 Å². The quantitative estimate of drug-likeness (QED) is 0.610. The van der Waals surface area contributed by atoms with Crippen LogP contribution in [0.1, 0.15) is 20.0 Å². The maximum absolute atomic E-state index is 12.2. The van der Waals surface area contributed by atoms with Crippen LogP contribution in [0.25, 0.3) is 0 Å². The Labute approximate surface area is 167 Å². The molecule has 2 aromatic heterocycles. The highest BCUT2D eigenvalue weighted by molar-refractivity contribution is 7.12. The Morgan fingerprint density at radius 1 is 0.966 bits per heavy atom. The van der Waals surface area contributed by atoms with Gasteiger partial charge in [-0.05, 0) is 41.8 Å². The standard InChI is InChI=1S/C19H14F3N3O3S/c20-19(21,22)11-28-16-8-3-12(10-23-16)17(26)24-13-4-6-14(7-5-13)25-18(27)15-2-1-9-29-15/h1-10H,11H2,(H,24,26)(H,25,27). The van der Waals surface area contributed by atoms with Crippen molar-refractivity contribution in [3.8, 4) is 5.88 Å². The smallest absolute Gasteiger partial charge is 0.422 e. The molecule has 2 heterocycles. The minimum Gasteiger partial charge on any atom is -0.468 e. The molecule has 3 rings (SSSR count). The van der Waals surface area contributed by atoms with Crippen molar-refractivity contribution in [2.24, 2.45) is 0 Å². The summed E-state index contributed by atoms with van der Waals surface area (Å²) in [6.45, 7) is -1.46. The normalized spacial score (nSPS) is 11.0. The van der Waals surface area contributed by atoms with Crippen LogP contribution in [0.4, 0.5) is 24.5 Å². The fourth-order valence-corrected chi connectivity index (χ4v) is 2.82. The Morgan fingerprint density at radius 2 is 1.62 bits per heavy atom. The van der Waals surface area contributed by atoms with Crippen molar-refractivity contribution in [2.45, 2.75) is 6.18 Å². The molecule has 10 heteroatoms. The Morgan fingerprint density at radius 3 is 2.14 bits per heavy atom. The predicted molar refractivity (Wildman–Crippen MR) is 102 cm³/mol. The summed E-state index contributed by atoms with van der Waals surface area (Å²) >= 11 is 1.33. The third-order valence-corrected chi connectivity index (χ3v) is 4.40. The topological polar surface area (TPSA) is 80.3 Å². The molecule has 0 bridgehead atoms. The second-order valence-corrected chi connectivity index (χ2v) is 6.70. The van der Waals surface area contributed by atoms with Crippen LogP contribution in [0.3, 0.4) is 0 Å². The first-order valence-electron chi connectivity index (χ1n) is 8.22. The van der Waals surface area contributed by atoms with E-state index in [-0.39, 0.29) is 17.4 Å². The van der Waals surface area contributed by atoms with Gasteiger partial charge in [-0.25, -0.2) is 4.98 Å². The third-order valence-electron chi connectivity index (χ3n) is 3.53. The Balaban J connectivity index is 1.55. The molecular weight excluding hydrogens is 407 g/mol. The van der Waals surface area contributed by atoms with Crippen LogP contribution in [0.2, 0.25) is 0 Å². The van der Waals surface area contributed by atoms with E-state index < -0.39 is 18.7 Å². The fourth-order valence-electron chi connectivity index (χ4n) is 2.20. The number of carbonyl (C=O) groups is 2. The van der Waals surface area contributed by atoms with E-state index in [1.165, 1.54) is 23.5 Å². The van der Waals surface area contributed by atoms with Gasteiger partial charge in [0.15, 0.2) is 6.61 Å². The van der Waals surface area contributed by atoms with Gasteiger partial charge >= 0.3 is 6.18 Å². The van der Waals surface area contributed by atoms with Crippen LogP contribution in [0.15, 0.2) is 60.1 Å². The number of pyridine rings is 1. The van der Waals surface area contributed by atoms with E-state index in [1.54, 1.807) is 41.8 Å². The van der Waals surface area contributed by atoms with E-state index in [2.05, 4.69) is 20.4 Å². The van der Waals surface area contributed by atoms with E-state index >= 15 is 0 Å². The lowest BCUT2D eigenvalue weighted by molar-refractivity contribution is -0.154. The monoisotopic (exact) mass is 421 g/mol. The largest absolute Gasteiger partial charge is 0.468 e. The maximum atomic E-state index is 12.2. The highest BCUT2D eigenvalue weighted by atomic mass is 32.1. The number of hydrogen-bond acceptors (Lipinski definition) is 5. The average Bonchev–Trinajstić information content (AvgIpc) is 3.23. The molecule has 0 unspecified atom stereocenters. The molecule has 1 aromatic carbocycles. The molecule has 0 spiro atoms. The number of anilines is 2. The number of nitrogens with zero attached hydrogens (tertiary/aromatic N) is 1. The molecule has 0 aliphatic rings. The number of amides is 2. The first-order valence-corrected chi connectivity index (χ1v) is 9.10. The van der Waals surface area contributed by atoms with Gasteiger partial charge in [0.2, 0.25) is 5.88 Å². The van der Waals surface area contributed by atoms with Crippen LogP contribution >= 0.6 is 11.3 Å². The molecule has 29 heavy (non-hydrogen) atoms. The fraction of sp³-hybridized carbons (Fsp3) is 0.105. The summed E-state index contributed by atoms with van der Waals surface area (Å²) in [4.78, 5) is 28.5. The number of alkyl halides is 3. The number of nitrogens with one attached hydrogen (secondary N) is 2. The average molecular weight is 421 g/mol. The van der Waals surface area contributed by atoms with E-state index in [0.717, 1.165) is 6.20 Å². The van der Waals surface area contributed by atoms with Gasteiger partial charge in [0.25, 0.3) is 11.8 Å². The van der Waals surface area contributed by atoms with E-state index in [1.807, 2.05) is 0 Å². The van der Waals surface area contributed by atoms with Crippen molar-refractivity contribution in [3.63, 3.8) is 0 Å². The zero-order valence-corrected chi connectivity index (χ0v) is 15.5. The molecule has 0 saturated heterocycles. The molecule has 0 atom stereocenters. The number of benzene rings is 1. The molecule has 3 aromatic rings. The molecule has 0 fully saturated rings. The lowest BCUT2D eigenvalue weighted by atomic mass is 10.2. The van der Waals surface area contributed by atoms with Gasteiger partial charge in [-0.15, -0.1) is 11.3 Å². The van der Waals surface area contributed by atoms with Crippen LogP contribution < -0.4 is 15.4 Å².